The number of carbonyl (C=O) groups is 5. The molecule has 3 unspecified atom stereocenters. The van der Waals surface area contributed by atoms with Gasteiger partial charge in [0, 0.05) is 40.3 Å². The van der Waals surface area contributed by atoms with Crippen LogP contribution in [0.15, 0.2) is 30.3 Å². The number of hydrogen-bond acceptors (Lipinski definition) is 9. The SMILES string of the molecule is CC[C@H](C)[C@@H]([C@@H](CC(=O)N1CCCC1[C@H](OC)[C@@H](C)C(=O)NC(Cc1ccccc1)C(=O)O)OC)N(C)C(=O)C(NC(=O)[C@@H]1[C@H]2CC[C@H](C2)N1CCCCCCS)C(C)C. The van der Waals surface area contributed by atoms with E-state index in [4.69, 9.17) is 9.47 Å². The molecule has 4 rings (SSSR count). The number of carbonyl (C=O) groups excluding carboxylic acids is 4. The van der Waals surface area contributed by atoms with E-state index in [0.29, 0.717) is 31.3 Å². The number of nitrogens with one attached hydrogen (secondary N) is 2. The molecule has 14 heteroatoms. The van der Waals surface area contributed by atoms with Crippen molar-refractivity contribution in [3.05, 3.63) is 35.9 Å². The number of likely N-dealkylation sites (tertiary alicyclic amines) is 2. The monoisotopic (exact) mass is 858 g/mol. The van der Waals surface area contributed by atoms with Crippen LogP contribution in [0.3, 0.4) is 0 Å². The zero-order valence-corrected chi connectivity index (χ0v) is 38.4. The lowest BCUT2D eigenvalue weighted by molar-refractivity contribution is -0.148. The third-order valence-corrected chi connectivity index (χ3v) is 14.0. The van der Waals surface area contributed by atoms with E-state index in [-0.39, 0.29) is 48.4 Å². The topological polar surface area (TPSA) is 158 Å². The maximum atomic E-state index is 14.6. The molecule has 1 aromatic rings. The highest BCUT2D eigenvalue weighted by Gasteiger charge is 2.50. The number of carboxylic acids is 1. The molecule has 60 heavy (non-hydrogen) atoms. The van der Waals surface area contributed by atoms with Crippen LogP contribution in [0.1, 0.15) is 111 Å². The molecular weight excluding hydrogens is 783 g/mol. The van der Waals surface area contributed by atoms with Crippen molar-refractivity contribution in [1.82, 2.24) is 25.3 Å². The Morgan fingerprint density at radius 1 is 0.950 bits per heavy atom. The largest absolute Gasteiger partial charge is 0.480 e. The van der Waals surface area contributed by atoms with E-state index in [1.54, 1.807) is 30.9 Å². The molecule has 2 aliphatic heterocycles. The van der Waals surface area contributed by atoms with Crippen LogP contribution in [-0.2, 0) is 39.9 Å². The van der Waals surface area contributed by atoms with Crippen LogP contribution in [0.2, 0.25) is 0 Å². The standard InChI is InChI=1S/C46H75N5O8S/c1-9-30(4)40(49(6)45(55)39(29(2)3)48-44(54)41-33-21-22-34(27-33)50(41)23-15-10-11-16-25-60)37(58-7)28-38(52)51-24-17-20-36(51)42(59-8)31(5)43(53)47-35(46(56)57)26-32-18-13-12-14-19-32/h12-14,18-19,29-31,33-37,39-42,60H,9-11,15-17,20-28H2,1-8H3,(H,47,53)(H,48,54)(H,56,57)/t30-,31+,33-,34+,35?,36?,37+,39?,40-,41-,42+/m0/s1. The van der Waals surface area contributed by atoms with Crippen molar-refractivity contribution in [2.75, 3.05) is 40.1 Å². The highest BCUT2D eigenvalue weighted by Crippen LogP contribution is 2.43. The second-order valence-electron chi connectivity index (χ2n) is 18.0. The van der Waals surface area contributed by atoms with Gasteiger partial charge in [0.2, 0.25) is 23.6 Å². The van der Waals surface area contributed by atoms with E-state index >= 15 is 0 Å². The highest BCUT2D eigenvalue weighted by molar-refractivity contribution is 7.80. The Morgan fingerprint density at radius 3 is 2.27 bits per heavy atom. The molecule has 3 N–H and O–H groups in total. The number of nitrogens with zero attached hydrogens (tertiary/aromatic N) is 3. The minimum atomic E-state index is -1.13. The molecule has 1 aliphatic carbocycles. The fraction of sp³-hybridized carbons (Fsp3) is 0.761. The number of likely N-dealkylation sites (N-methyl/N-ethyl adjacent to an activating group) is 1. The second kappa shape index (κ2) is 23.9. The van der Waals surface area contributed by atoms with Gasteiger partial charge in [-0.25, -0.2) is 4.79 Å². The molecule has 0 spiro atoms. The molecular formula is C46H75N5O8S. The first-order valence-electron chi connectivity index (χ1n) is 22.5. The van der Waals surface area contributed by atoms with Gasteiger partial charge in [0.1, 0.15) is 12.1 Å². The van der Waals surface area contributed by atoms with Crippen LogP contribution in [0.5, 0.6) is 0 Å². The van der Waals surface area contributed by atoms with E-state index < -0.39 is 54.2 Å². The lowest BCUT2D eigenvalue weighted by atomic mass is 9.89. The first kappa shape index (κ1) is 49.5. The van der Waals surface area contributed by atoms with Gasteiger partial charge in [-0.05, 0) is 80.6 Å². The summed E-state index contributed by atoms with van der Waals surface area (Å²) in [6.45, 7) is 11.1. The van der Waals surface area contributed by atoms with Gasteiger partial charge in [-0.3, -0.25) is 24.1 Å². The van der Waals surface area contributed by atoms with Crippen molar-refractivity contribution in [1.29, 1.82) is 0 Å². The maximum Gasteiger partial charge on any atom is 0.326 e. The summed E-state index contributed by atoms with van der Waals surface area (Å²) in [5, 5.41) is 15.8. The molecule has 2 bridgehead atoms. The van der Waals surface area contributed by atoms with Crippen LogP contribution in [0.4, 0.5) is 0 Å². The lowest BCUT2D eigenvalue weighted by Gasteiger charge is -2.41. The van der Waals surface area contributed by atoms with Crippen molar-refractivity contribution in [2.24, 2.45) is 23.7 Å². The Balaban J connectivity index is 1.45. The predicted molar refractivity (Wildman–Crippen MR) is 237 cm³/mol. The van der Waals surface area contributed by atoms with E-state index in [2.05, 4.69) is 42.0 Å². The van der Waals surface area contributed by atoms with Crippen molar-refractivity contribution < 1.29 is 38.6 Å². The smallest absolute Gasteiger partial charge is 0.326 e. The summed E-state index contributed by atoms with van der Waals surface area (Å²) >= 11 is 4.34. The summed E-state index contributed by atoms with van der Waals surface area (Å²) in [7, 11) is 4.83. The van der Waals surface area contributed by atoms with Gasteiger partial charge in [-0.1, -0.05) is 84.2 Å². The molecule has 11 atom stereocenters. The van der Waals surface area contributed by atoms with Crippen LogP contribution >= 0.6 is 12.6 Å². The Bertz CT molecular complexity index is 1550. The summed E-state index contributed by atoms with van der Waals surface area (Å²) in [6.07, 6.45) is 8.46. The summed E-state index contributed by atoms with van der Waals surface area (Å²) < 4.78 is 12.0. The molecule has 3 fully saturated rings. The van der Waals surface area contributed by atoms with Gasteiger partial charge in [0.15, 0.2) is 0 Å². The zero-order valence-electron chi connectivity index (χ0n) is 37.5. The molecule has 0 radical (unpaired) electrons. The van der Waals surface area contributed by atoms with E-state index in [9.17, 15) is 29.1 Å². The number of aliphatic carboxylic acids is 1. The van der Waals surface area contributed by atoms with Crippen LogP contribution in [-0.4, -0.2) is 138 Å². The number of hydrogen-bond donors (Lipinski definition) is 4. The first-order chi connectivity index (χ1) is 28.7. The van der Waals surface area contributed by atoms with Gasteiger partial charge in [-0.2, -0.15) is 12.6 Å². The van der Waals surface area contributed by atoms with Crippen molar-refractivity contribution in [2.45, 2.75) is 160 Å². The van der Waals surface area contributed by atoms with Crippen molar-refractivity contribution in [3.63, 3.8) is 0 Å². The van der Waals surface area contributed by atoms with E-state index in [0.717, 1.165) is 69.2 Å². The van der Waals surface area contributed by atoms with Crippen LogP contribution < -0.4 is 10.6 Å². The quantitative estimate of drug-likeness (QED) is 0.0767. The first-order valence-corrected chi connectivity index (χ1v) is 23.2. The number of methoxy groups -OCH3 is 2. The van der Waals surface area contributed by atoms with Crippen molar-refractivity contribution in [3.8, 4) is 0 Å². The number of rotatable bonds is 25. The Labute approximate surface area is 364 Å². The van der Waals surface area contributed by atoms with Crippen molar-refractivity contribution >= 4 is 42.2 Å². The molecule has 1 saturated carbocycles. The van der Waals surface area contributed by atoms with Gasteiger partial charge in [0.25, 0.3) is 0 Å². The van der Waals surface area contributed by atoms with Gasteiger partial charge in [-0.15, -0.1) is 0 Å². The van der Waals surface area contributed by atoms with Gasteiger partial charge in [0.05, 0.1) is 42.7 Å². The number of benzene rings is 1. The molecule has 3 aliphatic rings. The lowest BCUT2D eigenvalue weighted by Crippen LogP contribution is -2.60. The number of piperidine rings is 1. The fourth-order valence-corrected chi connectivity index (χ4v) is 10.4. The predicted octanol–water partition coefficient (Wildman–Crippen LogP) is 5.20. The molecule has 2 heterocycles. The zero-order chi connectivity index (χ0) is 44.1. The summed E-state index contributed by atoms with van der Waals surface area (Å²) in [6, 6.07) is 6.58. The van der Waals surface area contributed by atoms with Crippen LogP contribution in [0, 0.1) is 23.7 Å². The van der Waals surface area contributed by atoms with Gasteiger partial charge >= 0.3 is 5.97 Å². The Kier molecular flexibility index (Phi) is 19.7. The minimum absolute atomic E-state index is 0.00159. The molecule has 1 aromatic carbocycles. The summed E-state index contributed by atoms with van der Waals surface area (Å²) in [4.78, 5) is 74.6. The third-order valence-electron chi connectivity index (χ3n) is 13.7. The number of unbranched alkanes of at least 4 members (excludes halogenated alkanes) is 3. The van der Waals surface area contributed by atoms with Crippen LogP contribution in [0.25, 0.3) is 0 Å². The number of fused-ring (bicyclic) bond motifs is 2. The fourth-order valence-electron chi connectivity index (χ4n) is 10.2. The maximum absolute atomic E-state index is 14.6. The van der Waals surface area contributed by atoms with E-state index in [1.807, 2.05) is 44.2 Å². The van der Waals surface area contributed by atoms with E-state index in [1.165, 1.54) is 7.11 Å². The third kappa shape index (κ3) is 12.5. The minimum Gasteiger partial charge on any atom is -0.480 e. The summed E-state index contributed by atoms with van der Waals surface area (Å²) in [5.74, 6) is -1.80. The number of thiol groups is 1. The Morgan fingerprint density at radius 2 is 1.65 bits per heavy atom. The van der Waals surface area contributed by atoms with Gasteiger partial charge < -0.3 is 35.0 Å². The summed E-state index contributed by atoms with van der Waals surface area (Å²) in [5.41, 5.74) is 0.790. The number of ether oxygens (including phenoxy) is 2. The number of carboxylic acid groups (broad SMARTS) is 1. The molecule has 2 saturated heterocycles. The molecule has 0 aromatic heterocycles. The molecule has 13 nitrogen and oxygen atoms in total. The second-order valence-corrected chi connectivity index (χ2v) is 18.4. The average Bonchev–Trinajstić information content (AvgIpc) is 4.00. The molecule has 338 valence electrons. The average molecular weight is 858 g/mol. The molecule has 4 amide bonds. The Hall–Kier alpha value is -3.20. The highest BCUT2D eigenvalue weighted by atomic mass is 32.1. The number of amides is 4. The normalized spacial score (nSPS) is 23.7.